The zero-order valence-corrected chi connectivity index (χ0v) is 12.6. The van der Waals surface area contributed by atoms with Crippen LogP contribution in [-0.4, -0.2) is 42.5 Å². The highest BCUT2D eigenvalue weighted by Crippen LogP contribution is 2.24. The van der Waals surface area contributed by atoms with Gasteiger partial charge in [0.05, 0.1) is 12.9 Å². The van der Waals surface area contributed by atoms with Crippen molar-refractivity contribution in [2.24, 2.45) is 0 Å². The average molecular weight is 307 g/mol. The first-order valence-corrected chi connectivity index (χ1v) is 9.02. The summed E-state index contributed by atoms with van der Waals surface area (Å²) in [5, 5.41) is 0. The van der Waals surface area contributed by atoms with Crippen LogP contribution >= 0.6 is 0 Å². The van der Waals surface area contributed by atoms with Gasteiger partial charge >= 0.3 is 0 Å². The van der Waals surface area contributed by atoms with Crippen LogP contribution in [0.1, 0.15) is 5.56 Å². The van der Waals surface area contributed by atoms with Gasteiger partial charge in [0.1, 0.15) is 20.5 Å². The van der Waals surface area contributed by atoms with Crippen molar-refractivity contribution in [1.29, 1.82) is 0 Å². The standard InChI is InChI=1S/C11H17NO5S2/c1-9-4-5-10(17-2)11(8-9)19(15,16)12-6-7-18(3,13)14/h4-5,8,12H,6-7H2,1-3H3. The van der Waals surface area contributed by atoms with E-state index < -0.39 is 19.9 Å². The number of aryl methyl sites for hydroxylation is 1. The Morgan fingerprint density at radius 1 is 1.21 bits per heavy atom. The van der Waals surface area contributed by atoms with E-state index in [2.05, 4.69) is 4.72 Å². The number of benzene rings is 1. The van der Waals surface area contributed by atoms with E-state index in [9.17, 15) is 16.8 Å². The second-order valence-corrected chi connectivity index (χ2v) is 8.18. The van der Waals surface area contributed by atoms with E-state index in [0.29, 0.717) is 0 Å². The molecule has 0 bridgehead atoms. The molecular formula is C11H17NO5S2. The lowest BCUT2D eigenvalue weighted by atomic mass is 10.2. The van der Waals surface area contributed by atoms with Crippen LogP contribution in [0.3, 0.4) is 0 Å². The van der Waals surface area contributed by atoms with Gasteiger partial charge in [-0.05, 0) is 24.6 Å². The molecule has 0 aliphatic carbocycles. The lowest BCUT2D eigenvalue weighted by Gasteiger charge is -2.11. The average Bonchev–Trinajstić information content (AvgIpc) is 2.27. The fourth-order valence-corrected chi connectivity index (χ4v) is 3.32. The van der Waals surface area contributed by atoms with E-state index in [-0.39, 0.29) is 22.9 Å². The number of methoxy groups -OCH3 is 1. The predicted molar refractivity (Wildman–Crippen MR) is 72.6 cm³/mol. The Hall–Kier alpha value is -1.12. The normalized spacial score (nSPS) is 12.4. The fourth-order valence-electron chi connectivity index (χ4n) is 1.43. The number of ether oxygens (including phenoxy) is 1. The number of sulfonamides is 1. The Balaban J connectivity index is 2.97. The summed E-state index contributed by atoms with van der Waals surface area (Å²) >= 11 is 0. The molecule has 108 valence electrons. The van der Waals surface area contributed by atoms with Gasteiger partial charge in [-0.1, -0.05) is 6.07 Å². The molecule has 1 N–H and O–H groups in total. The van der Waals surface area contributed by atoms with E-state index in [1.54, 1.807) is 19.1 Å². The molecule has 0 fully saturated rings. The summed E-state index contributed by atoms with van der Waals surface area (Å²) in [5.41, 5.74) is 0.768. The van der Waals surface area contributed by atoms with E-state index in [1.807, 2.05) is 0 Å². The van der Waals surface area contributed by atoms with Crippen molar-refractivity contribution in [3.8, 4) is 5.75 Å². The molecule has 0 atom stereocenters. The first-order valence-electron chi connectivity index (χ1n) is 5.48. The highest BCUT2D eigenvalue weighted by Gasteiger charge is 2.19. The van der Waals surface area contributed by atoms with Crippen molar-refractivity contribution in [2.75, 3.05) is 25.7 Å². The number of hydrogen-bond donors (Lipinski definition) is 1. The molecule has 0 radical (unpaired) electrons. The van der Waals surface area contributed by atoms with Crippen molar-refractivity contribution in [1.82, 2.24) is 4.72 Å². The van der Waals surface area contributed by atoms with Gasteiger partial charge in [0.2, 0.25) is 10.0 Å². The SMILES string of the molecule is COc1ccc(C)cc1S(=O)(=O)NCCS(C)(=O)=O. The third kappa shape index (κ3) is 4.81. The molecule has 0 unspecified atom stereocenters. The molecule has 8 heteroatoms. The lowest BCUT2D eigenvalue weighted by Crippen LogP contribution is -2.29. The van der Waals surface area contributed by atoms with Crippen molar-refractivity contribution < 1.29 is 21.6 Å². The zero-order chi connectivity index (χ0) is 14.7. The smallest absolute Gasteiger partial charge is 0.244 e. The van der Waals surface area contributed by atoms with Crippen LogP contribution in [0, 0.1) is 6.92 Å². The van der Waals surface area contributed by atoms with E-state index in [1.165, 1.54) is 13.2 Å². The van der Waals surface area contributed by atoms with Crippen LogP contribution in [0.2, 0.25) is 0 Å². The fraction of sp³-hybridized carbons (Fsp3) is 0.455. The molecule has 0 heterocycles. The van der Waals surface area contributed by atoms with Crippen LogP contribution in [0.15, 0.2) is 23.1 Å². The predicted octanol–water partition coefficient (Wildman–Crippen LogP) is 0.327. The summed E-state index contributed by atoms with van der Waals surface area (Å²) in [6, 6.07) is 4.76. The maximum atomic E-state index is 12.1. The molecule has 1 aromatic carbocycles. The minimum absolute atomic E-state index is 0.00324. The van der Waals surface area contributed by atoms with Gasteiger partial charge in [0, 0.05) is 12.8 Å². The molecule has 0 aliphatic heterocycles. The Kier molecular flexibility index (Phi) is 4.94. The quantitative estimate of drug-likeness (QED) is 0.818. The second-order valence-electron chi connectivity index (χ2n) is 4.18. The van der Waals surface area contributed by atoms with Gasteiger partial charge in [-0.2, -0.15) is 0 Å². The first-order chi connectivity index (χ1) is 8.65. The lowest BCUT2D eigenvalue weighted by molar-refractivity contribution is 0.402. The number of rotatable bonds is 6. The summed E-state index contributed by atoms with van der Waals surface area (Å²) in [4.78, 5) is 0.00324. The van der Waals surface area contributed by atoms with Crippen molar-refractivity contribution in [2.45, 2.75) is 11.8 Å². The molecule has 19 heavy (non-hydrogen) atoms. The van der Waals surface area contributed by atoms with Gasteiger partial charge in [-0.15, -0.1) is 0 Å². The number of sulfone groups is 1. The number of hydrogen-bond acceptors (Lipinski definition) is 5. The van der Waals surface area contributed by atoms with Crippen molar-refractivity contribution in [3.63, 3.8) is 0 Å². The van der Waals surface area contributed by atoms with Crippen LogP contribution in [0.25, 0.3) is 0 Å². The van der Waals surface area contributed by atoms with E-state index in [4.69, 9.17) is 4.74 Å². The van der Waals surface area contributed by atoms with Crippen LogP contribution in [0.4, 0.5) is 0 Å². The molecule has 0 saturated carbocycles. The summed E-state index contributed by atoms with van der Waals surface area (Å²) in [5.74, 6) is -0.0298. The van der Waals surface area contributed by atoms with Gasteiger partial charge in [-0.3, -0.25) is 0 Å². The highest BCUT2D eigenvalue weighted by molar-refractivity contribution is 7.91. The zero-order valence-electron chi connectivity index (χ0n) is 11.0. The molecule has 0 saturated heterocycles. The first kappa shape index (κ1) is 15.9. The van der Waals surface area contributed by atoms with Crippen molar-refractivity contribution in [3.05, 3.63) is 23.8 Å². The van der Waals surface area contributed by atoms with Gasteiger partial charge in [-0.25, -0.2) is 21.6 Å². The van der Waals surface area contributed by atoms with E-state index >= 15 is 0 Å². The van der Waals surface area contributed by atoms with Crippen LogP contribution in [-0.2, 0) is 19.9 Å². The number of nitrogens with one attached hydrogen (secondary N) is 1. The molecule has 0 aliphatic rings. The summed E-state index contributed by atoms with van der Waals surface area (Å²) < 4.78 is 53.3. The monoisotopic (exact) mass is 307 g/mol. The minimum Gasteiger partial charge on any atom is -0.495 e. The van der Waals surface area contributed by atoms with Gasteiger partial charge in [0.15, 0.2) is 0 Å². The molecule has 0 amide bonds. The van der Waals surface area contributed by atoms with Gasteiger partial charge < -0.3 is 4.74 Å². The summed E-state index contributed by atoms with van der Waals surface area (Å²) in [7, 11) is -5.62. The van der Waals surface area contributed by atoms with Gasteiger partial charge in [0.25, 0.3) is 0 Å². The van der Waals surface area contributed by atoms with Crippen LogP contribution in [0.5, 0.6) is 5.75 Å². The Morgan fingerprint density at radius 2 is 1.84 bits per heavy atom. The minimum atomic E-state index is -3.79. The molecule has 0 aromatic heterocycles. The summed E-state index contributed by atoms with van der Waals surface area (Å²) in [6.07, 6.45) is 1.05. The molecule has 6 nitrogen and oxygen atoms in total. The largest absolute Gasteiger partial charge is 0.495 e. The Morgan fingerprint density at radius 3 is 2.37 bits per heavy atom. The third-order valence-electron chi connectivity index (χ3n) is 2.37. The third-order valence-corrected chi connectivity index (χ3v) is 4.80. The Labute approximate surface area is 113 Å². The molecule has 0 spiro atoms. The molecule has 1 aromatic rings. The van der Waals surface area contributed by atoms with E-state index in [0.717, 1.165) is 11.8 Å². The van der Waals surface area contributed by atoms with Crippen LogP contribution < -0.4 is 9.46 Å². The molecular weight excluding hydrogens is 290 g/mol. The van der Waals surface area contributed by atoms with Crippen molar-refractivity contribution >= 4 is 19.9 Å². The maximum Gasteiger partial charge on any atom is 0.244 e. The Bertz CT molecular complexity index is 650. The highest BCUT2D eigenvalue weighted by atomic mass is 32.2. The molecule has 1 rings (SSSR count). The second kappa shape index (κ2) is 5.89. The maximum absolute atomic E-state index is 12.1. The topological polar surface area (TPSA) is 89.5 Å². The summed E-state index contributed by atoms with van der Waals surface area (Å²) in [6.45, 7) is 1.59.